The van der Waals surface area contributed by atoms with Crippen LogP contribution in [0.4, 0.5) is 0 Å². The molecule has 3 aromatic carbocycles. The highest BCUT2D eigenvalue weighted by atomic mass is 16.3. The number of hydrogen-bond acceptors (Lipinski definition) is 1. The van der Waals surface area contributed by atoms with Crippen LogP contribution in [-0.4, -0.2) is 0 Å². The molecule has 1 aliphatic rings. The third-order valence-electron chi connectivity index (χ3n) is 5.72. The Morgan fingerprint density at radius 3 is 2.07 bits per heavy atom. The molecule has 5 rings (SSSR count). The molecule has 0 bridgehead atoms. The lowest BCUT2D eigenvalue weighted by atomic mass is 9.90. The highest BCUT2D eigenvalue weighted by molar-refractivity contribution is 5.94. The molecule has 0 N–H and O–H groups in total. The summed E-state index contributed by atoms with van der Waals surface area (Å²) in [5.41, 5.74) is 10.4. The predicted molar refractivity (Wildman–Crippen MR) is 117 cm³/mol. The number of allylic oxidation sites excluding steroid dienone is 1. The van der Waals surface area contributed by atoms with Crippen LogP contribution in [0.15, 0.2) is 83.3 Å². The molecule has 0 amide bonds. The summed E-state index contributed by atoms with van der Waals surface area (Å²) in [6, 6.07) is 27.5. The first-order valence-electron chi connectivity index (χ1n) is 9.75. The number of hydrogen-bond donors (Lipinski definition) is 0. The van der Waals surface area contributed by atoms with Gasteiger partial charge in [0, 0.05) is 12.0 Å². The smallest absolute Gasteiger partial charge is 0.134 e. The van der Waals surface area contributed by atoms with Crippen molar-refractivity contribution < 1.29 is 4.42 Å². The molecule has 136 valence electrons. The van der Waals surface area contributed by atoms with Crippen molar-refractivity contribution in [3.05, 3.63) is 107 Å². The summed E-state index contributed by atoms with van der Waals surface area (Å²) in [6.07, 6.45) is 3.23. The van der Waals surface area contributed by atoms with Gasteiger partial charge in [0.05, 0.1) is 0 Å². The molecule has 0 atom stereocenters. The molecule has 0 saturated carbocycles. The standard InChI is InChI=1S/C27H22O/c1-18-15-22-16-23(26-14-13-25(28-26)20-9-5-3-6-10-20)17-24(22)27(19(18)2)21-11-7-4-8-12-21/h3-15,17H,16H2,1-2H3. The Labute approximate surface area is 166 Å². The Hall–Kier alpha value is -3.32. The molecule has 1 heteroatoms. The van der Waals surface area contributed by atoms with Crippen molar-refractivity contribution in [2.75, 3.05) is 0 Å². The monoisotopic (exact) mass is 362 g/mol. The summed E-state index contributed by atoms with van der Waals surface area (Å²) in [6.45, 7) is 4.44. The Bertz CT molecular complexity index is 1180. The minimum Gasteiger partial charge on any atom is -0.456 e. The maximum absolute atomic E-state index is 6.22. The minimum absolute atomic E-state index is 0.915. The summed E-state index contributed by atoms with van der Waals surface area (Å²) in [5.74, 6) is 1.88. The van der Waals surface area contributed by atoms with Crippen molar-refractivity contribution in [2.24, 2.45) is 0 Å². The molecule has 1 aliphatic carbocycles. The number of rotatable bonds is 3. The summed E-state index contributed by atoms with van der Waals surface area (Å²) in [5, 5.41) is 0. The van der Waals surface area contributed by atoms with Crippen LogP contribution in [0.5, 0.6) is 0 Å². The molecule has 0 radical (unpaired) electrons. The largest absolute Gasteiger partial charge is 0.456 e. The van der Waals surface area contributed by atoms with Crippen molar-refractivity contribution in [1.29, 1.82) is 0 Å². The highest BCUT2D eigenvalue weighted by Gasteiger charge is 2.22. The van der Waals surface area contributed by atoms with E-state index in [2.05, 4.69) is 80.6 Å². The second-order valence-corrected chi connectivity index (χ2v) is 7.51. The normalized spacial score (nSPS) is 12.7. The van der Waals surface area contributed by atoms with Gasteiger partial charge in [-0.05, 0) is 71.0 Å². The summed E-state index contributed by atoms with van der Waals surface area (Å²) >= 11 is 0. The summed E-state index contributed by atoms with van der Waals surface area (Å²) < 4.78 is 6.22. The van der Waals surface area contributed by atoms with E-state index in [-0.39, 0.29) is 0 Å². The van der Waals surface area contributed by atoms with E-state index in [0.717, 1.165) is 23.5 Å². The zero-order valence-corrected chi connectivity index (χ0v) is 16.2. The SMILES string of the molecule is Cc1cc2c(c(-c3ccccc3)c1C)C=C(c1ccc(-c3ccccc3)o1)C2. The maximum Gasteiger partial charge on any atom is 0.134 e. The molecule has 0 unspecified atom stereocenters. The van der Waals surface area contributed by atoms with E-state index in [4.69, 9.17) is 4.42 Å². The minimum atomic E-state index is 0.915. The average Bonchev–Trinajstić information content (AvgIpc) is 3.37. The van der Waals surface area contributed by atoms with Crippen LogP contribution in [0.1, 0.15) is 28.0 Å². The second kappa shape index (κ2) is 6.69. The van der Waals surface area contributed by atoms with E-state index >= 15 is 0 Å². The van der Waals surface area contributed by atoms with Crippen molar-refractivity contribution in [3.8, 4) is 22.5 Å². The van der Waals surface area contributed by atoms with Crippen LogP contribution < -0.4 is 0 Å². The molecule has 4 aromatic rings. The molecule has 0 aliphatic heterocycles. The quantitative estimate of drug-likeness (QED) is 0.372. The summed E-state index contributed by atoms with van der Waals surface area (Å²) in [4.78, 5) is 0. The molecule has 0 saturated heterocycles. The zero-order chi connectivity index (χ0) is 19.1. The number of aryl methyl sites for hydroxylation is 1. The lowest BCUT2D eigenvalue weighted by Crippen LogP contribution is -1.95. The van der Waals surface area contributed by atoms with Crippen LogP contribution in [0.3, 0.4) is 0 Å². The highest BCUT2D eigenvalue weighted by Crippen LogP contribution is 2.41. The van der Waals surface area contributed by atoms with Gasteiger partial charge in [0.25, 0.3) is 0 Å². The van der Waals surface area contributed by atoms with Gasteiger partial charge in [-0.15, -0.1) is 0 Å². The fourth-order valence-electron chi connectivity index (χ4n) is 4.15. The van der Waals surface area contributed by atoms with Crippen LogP contribution in [-0.2, 0) is 6.42 Å². The van der Waals surface area contributed by atoms with Gasteiger partial charge in [-0.3, -0.25) is 0 Å². The Morgan fingerprint density at radius 1 is 0.714 bits per heavy atom. The number of fused-ring (bicyclic) bond motifs is 1. The third kappa shape index (κ3) is 2.80. The predicted octanol–water partition coefficient (Wildman–Crippen LogP) is 7.33. The van der Waals surface area contributed by atoms with E-state index in [9.17, 15) is 0 Å². The number of furan rings is 1. The van der Waals surface area contributed by atoms with Crippen molar-refractivity contribution >= 4 is 11.6 Å². The molecule has 1 aromatic heterocycles. The molecular weight excluding hydrogens is 340 g/mol. The van der Waals surface area contributed by atoms with Crippen LogP contribution in [0.2, 0.25) is 0 Å². The first-order valence-corrected chi connectivity index (χ1v) is 9.75. The van der Waals surface area contributed by atoms with Gasteiger partial charge in [-0.25, -0.2) is 0 Å². The van der Waals surface area contributed by atoms with E-state index in [1.807, 2.05) is 18.2 Å². The lowest BCUT2D eigenvalue weighted by Gasteiger charge is -2.14. The van der Waals surface area contributed by atoms with Gasteiger partial charge in [0.15, 0.2) is 0 Å². The lowest BCUT2D eigenvalue weighted by molar-refractivity contribution is 0.566. The first kappa shape index (κ1) is 16.8. The van der Waals surface area contributed by atoms with Crippen LogP contribution in [0, 0.1) is 13.8 Å². The van der Waals surface area contributed by atoms with Gasteiger partial charge in [-0.1, -0.05) is 66.7 Å². The third-order valence-corrected chi connectivity index (χ3v) is 5.72. The van der Waals surface area contributed by atoms with Gasteiger partial charge < -0.3 is 4.42 Å². The molecular formula is C27H22O. The van der Waals surface area contributed by atoms with Gasteiger partial charge >= 0.3 is 0 Å². The molecule has 0 fully saturated rings. The topological polar surface area (TPSA) is 13.1 Å². The Kier molecular flexibility index (Phi) is 4.02. The van der Waals surface area contributed by atoms with E-state index in [0.29, 0.717) is 0 Å². The number of benzene rings is 3. The zero-order valence-electron chi connectivity index (χ0n) is 16.2. The fraction of sp³-hybridized carbons (Fsp3) is 0.111. The van der Waals surface area contributed by atoms with E-state index in [1.165, 1.54) is 39.0 Å². The molecule has 1 nitrogen and oxygen atoms in total. The van der Waals surface area contributed by atoms with Gasteiger partial charge in [-0.2, -0.15) is 0 Å². The maximum atomic E-state index is 6.22. The van der Waals surface area contributed by atoms with Crippen molar-refractivity contribution in [2.45, 2.75) is 20.3 Å². The molecule has 1 heterocycles. The second-order valence-electron chi connectivity index (χ2n) is 7.51. The van der Waals surface area contributed by atoms with E-state index in [1.54, 1.807) is 0 Å². The fourth-order valence-corrected chi connectivity index (χ4v) is 4.15. The van der Waals surface area contributed by atoms with Crippen LogP contribution in [0.25, 0.3) is 34.1 Å². The molecule has 0 spiro atoms. The average molecular weight is 362 g/mol. The van der Waals surface area contributed by atoms with E-state index < -0.39 is 0 Å². The Morgan fingerprint density at radius 2 is 1.36 bits per heavy atom. The molecule has 28 heavy (non-hydrogen) atoms. The Balaban J connectivity index is 1.59. The van der Waals surface area contributed by atoms with Gasteiger partial charge in [0.2, 0.25) is 0 Å². The van der Waals surface area contributed by atoms with Crippen molar-refractivity contribution in [3.63, 3.8) is 0 Å². The van der Waals surface area contributed by atoms with Crippen LogP contribution >= 0.6 is 0 Å². The first-order chi connectivity index (χ1) is 13.7. The van der Waals surface area contributed by atoms with Gasteiger partial charge in [0.1, 0.15) is 11.5 Å². The van der Waals surface area contributed by atoms with Crippen molar-refractivity contribution in [1.82, 2.24) is 0 Å². The summed E-state index contributed by atoms with van der Waals surface area (Å²) in [7, 11) is 0.